The lowest BCUT2D eigenvalue weighted by molar-refractivity contribution is -0.143. The summed E-state index contributed by atoms with van der Waals surface area (Å²) in [6.07, 6.45) is 64.2. The highest BCUT2D eigenvalue weighted by molar-refractivity contribution is 5.76. The second kappa shape index (κ2) is 52.7. The van der Waals surface area contributed by atoms with Crippen LogP contribution in [-0.4, -0.2) is 47.4 Å². The van der Waals surface area contributed by atoms with Gasteiger partial charge in [0.25, 0.3) is 0 Å². The Labute approximate surface area is 392 Å². The quantitative estimate of drug-likeness (QED) is 0.0321. The number of carbonyl (C=O) groups is 2. The summed E-state index contributed by atoms with van der Waals surface area (Å²) in [7, 11) is 0. The van der Waals surface area contributed by atoms with Crippen LogP contribution in [0.4, 0.5) is 0 Å². The molecule has 6 nitrogen and oxygen atoms in total. The van der Waals surface area contributed by atoms with Gasteiger partial charge >= 0.3 is 5.97 Å². The van der Waals surface area contributed by atoms with Gasteiger partial charge in [0.1, 0.15) is 0 Å². The molecule has 0 saturated heterocycles. The molecule has 2 unspecified atom stereocenters. The largest absolute Gasteiger partial charge is 0.466 e. The van der Waals surface area contributed by atoms with E-state index < -0.39 is 12.1 Å². The van der Waals surface area contributed by atoms with Crippen molar-refractivity contribution < 1.29 is 24.5 Å². The lowest BCUT2D eigenvalue weighted by Crippen LogP contribution is -2.45. The third-order valence-electron chi connectivity index (χ3n) is 12.7. The molecule has 0 fully saturated rings. The molecular formula is C57H107NO5. The molecule has 0 aliphatic rings. The van der Waals surface area contributed by atoms with Crippen molar-refractivity contribution in [2.24, 2.45) is 0 Å². The van der Waals surface area contributed by atoms with E-state index in [0.717, 1.165) is 51.4 Å². The molecular weight excluding hydrogens is 779 g/mol. The summed E-state index contributed by atoms with van der Waals surface area (Å²) in [5, 5.41) is 23.1. The molecule has 0 aromatic heterocycles. The molecule has 1 amide bonds. The van der Waals surface area contributed by atoms with Gasteiger partial charge < -0.3 is 20.3 Å². The number of carbonyl (C=O) groups excluding carboxylic acids is 2. The molecule has 0 saturated carbocycles. The average molecular weight is 886 g/mol. The molecule has 0 spiro atoms. The maximum Gasteiger partial charge on any atom is 0.305 e. The topological polar surface area (TPSA) is 95.9 Å². The third kappa shape index (κ3) is 49.4. The fourth-order valence-electron chi connectivity index (χ4n) is 8.36. The van der Waals surface area contributed by atoms with Gasteiger partial charge in [0.05, 0.1) is 25.4 Å². The predicted octanol–water partition coefficient (Wildman–Crippen LogP) is 16.9. The zero-order valence-corrected chi connectivity index (χ0v) is 42.1. The molecule has 0 aliphatic carbocycles. The van der Waals surface area contributed by atoms with E-state index in [2.05, 4.69) is 55.6 Å². The van der Waals surface area contributed by atoms with Gasteiger partial charge in [-0.15, -0.1) is 0 Å². The van der Waals surface area contributed by atoms with Crippen molar-refractivity contribution in [3.8, 4) is 0 Å². The minimum atomic E-state index is -0.667. The fraction of sp³-hybridized carbons (Fsp3) is 0.860. The number of nitrogens with one attached hydrogen (secondary N) is 1. The van der Waals surface area contributed by atoms with Gasteiger partial charge in [-0.3, -0.25) is 9.59 Å². The smallest absolute Gasteiger partial charge is 0.305 e. The van der Waals surface area contributed by atoms with Crippen LogP contribution >= 0.6 is 0 Å². The summed E-state index contributed by atoms with van der Waals surface area (Å²) in [5.74, 6) is -0.0494. The van der Waals surface area contributed by atoms with Gasteiger partial charge in [-0.25, -0.2) is 0 Å². The van der Waals surface area contributed by atoms with Gasteiger partial charge in [-0.2, -0.15) is 0 Å². The van der Waals surface area contributed by atoms with Crippen LogP contribution in [0.5, 0.6) is 0 Å². The van der Waals surface area contributed by atoms with E-state index in [-0.39, 0.29) is 18.5 Å². The second-order valence-corrected chi connectivity index (χ2v) is 18.9. The highest BCUT2D eigenvalue weighted by Crippen LogP contribution is 2.16. The number of esters is 1. The van der Waals surface area contributed by atoms with Gasteiger partial charge in [-0.05, 0) is 77.0 Å². The molecule has 0 heterocycles. The van der Waals surface area contributed by atoms with Crippen molar-refractivity contribution in [2.75, 3.05) is 13.2 Å². The first-order valence-electron chi connectivity index (χ1n) is 27.7. The lowest BCUT2D eigenvalue weighted by Gasteiger charge is -2.22. The van der Waals surface area contributed by atoms with Crippen molar-refractivity contribution in [1.29, 1.82) is 0 Å². The van der Waals surface area contributed by atoms with E-state index in [0.29, 0.717) is 25.9 Å². The molecule has 0 aromatic carbocycles. The number of hydrogen-bond acceptors (Lipinski definition) is 5. The number of hydrogen-bond donors (Lipinski definition) is 3. The van der Waals surface area contributed by atoms with Crippen molar-refractivity contribution in [2.45, 2.75) is 302 Å². The normalized spacial score (nSPS) is 12.9. The number of amides is 1. The summed E-state index contributed by atoms with van der Waals surface area (Å²) in [6.45, 7) is 4.88. The van der Waals surface area contributed by atoms with Crippen LogP contribution in [0.25, 0.3) is 0 Å². The molecule has 0 radical (unpaired) electrons. The Kier molecular flexibility index (Phi) is 51.1. The van der Waals surface area contributed by atoms with Crippen molar-refractivity contribution in [3.05, 3.63) is 36.5 Å². The van der Waals surface area contributed by atoms with Crippen LogP contribution in [0, 0.1) is 0 Å². The Bertz CT molecular complexity index is 1020. The van der Waals surface area contributed by atoms with Crippen LogP contribution in [0.3, 0.4) is 0 Å². The molecule has 2 atom stereocenters. The molecule has 0 rings (SSSR count). The number of rotatable bonds is 51. The van der Waals surface area contributed by atoms with E-state index in [1.54, 1.807) is 0 Å². The Morgan fingerprint density at radius 3 is 1.27 bits per heavy atom. The number of aliphatic hydroxyl groups is 2. The van der Waals surface area contributed by atoms with Gasteiger partial charge in [0.2, 0.25) is 5.91 Å². The zero-order valence-electron chi connectivity index (χ0n) is 42.1. The van der Waals surface area contributed by atoms with Gasteiger partial charge in [-0.1, -0.05) is 237 Å². The van der Waals surface area contributed by atoms with Crippen molar-refractivity contribution in [3.63, 3.8) is 0 Å². The summed E-state index contributed by atoms with van der Waals surface area (Å²) in [6, 6.07) is -0.545. The second-order valence-electron chi connectivity index (χ2n) is 18.9. The SMILES string of the molecule is CCCC/C=C\C/C=C\CCCCCCCC(=O)OCCCCCCCCCCCCC/C=C\CCCCCCCCCC(=O)NC(CO)C(O)CCCCCCCCCCCC. The van der Waals surface area contributed by atoms with Crippen LogP contribution in [0.2, 0.25) is 0 Å². The first kappa shape index (κ1) is 61.1. The summed E-state index contributed by atoms with van der Waals surface area (Å²) in [4.78, 5) is 24.4. The molecule has 0 aliphatic heterocycles. The van der Waals surface area contributed by atoms with E-state index in [1.807, 2.05) is 0 Å². The highest BCUT2D eigenvalue weighted by Gasteiger charge is 2.20. The summed E-state index contributed by atoms with van der Waals surface area (Å²) in [5.41, 5.74) is 0. The monoisotopic (exact) mass is 886 g/mol. The minimum Gasteiger partial charge on any atom is -0.466 e. The predicted molar refractivity (Wildman–Crippen MR) is 273 cm³/mol. The fourth-order valence-corrected chi connectivity index (χ4v) is 8.36. The first-order valence-corrected chi connectivity index (χ1v) is 27.7. The van der Waals surface area contributed by atoms with Crippen LogP contribution in [0.15, 0.2) is 36.5 Å². The molecule has 0 bridgehead atoms. The molecule has 3 N–H and O–H groups in total. The van der Waals surface area contributed by atoms with Crippen LogP contribution in [-0.2, 0) is 14.3 Å². The summed E-state index contributed by atoms with van der Waals surface area (Å²) < 4.78 is 5.46. The Hall–Kier alpha value is -1.92. The Balaban J connectivity index is 3.41. The average Bonchev–Trinajstić information content (AvgIpc) is 3.28. The summed E-state index contributed by atoms with van der Waals surface area (Å²) >= 11 is 0. The van der Waals surface area contributed by atoms with Crippen LogP contribution < -0.4 is 5.32 Å². The van der Waals surface area contributed by atoms with E-state index in [9.17, 15) is 19.8 Å². The standard InChI is InChI=1S/C57H107NO5/c1-3-5-7-9-11-13-15-16-28-31-35-39-43-47-51-57(62)63-52-48-44-40-36-32-29-26-24-22-20-18-17-19-21-23-25-27-30-34-38-42-46-50-56(61)58-54(53-59)55(60)49-45-41-37-33-14-12-10-8-6-4-2/h9,11,15-16,19,21,54-55,59-60H,3-8,10,12-14,17-18,20,22-53H2,1-2H3,(H,58,61)/b11-9-,16-15-,21-19-. The van der Waals surface area contributed by atoms with E-state index in [1.165, 1.54) is 205 Å². The number of aliphatic hydroxyl groups excluding tert-OH is 2. The Morgan fingerprint density at radius 1 is 0.444 bits per heavy atom. The first-order chi connectivity index (χ1) is 31.0. The highest BCUT2D eigenvalue weighted by atomic mass is 16.5. The number of unbranched alkanes of at least 4 members (excludes halogenated alkanes) is 34. The number of allylic oxidation sites excluding steroid dienone is 6. The molecule has 0 aromatic rings. The maximum atomic E-state index is 12.4. The number of ether oxygens (including phenoxy) is 1. The maximum absolute atomic E-state index is 12.4. The molecule has 63 heavy (non-hydrogen) atoms. The third-order valence-corrected chi connectivity index (χ3v) is 12.7. The molecule has 370 valence electrons. The van der Waals surface area contributed by atoms with Crippen molar-refractivity contribution >= 4 is 11.9 Å². The zero-order chi connectivity index (χ0) is 45.8. The van der Waals surface area contributed by atoms with E-state index in [4.69, 9.17) is 4.74 Å². The van der Waals surface area contributed by atoms with Gasteiger partial charge in [0.15, 0.2) is 0 Å². The minimum absolute atomic E-state index is 0.00519. The van der Waals surface area contributed by atoms with E-state index >= 15 is 0 Å². The molecule has 6 heteroatoms. The van der Waals surface area contributed by atoms with Crippen molar-refractivity contribution in [1.82, 2.24) is 5.32 Å². The lowest BCUT2D eigenvalue weighted by atomic mass is 10.0. The van der Waals surface area contributed by atoms with Gasteiger partial charge in [0, 0.05) is 12.8 Å². The Morgan fingerprint density at radius 2 is 0.810 bits per heavy atom. The van der Waals surface area contributed by atoms with Crippen LogP contribution in [0.1, 0.15) is 290 Å².